The monoisotopic (exact) mass is 375 g/mol. The van der Waals surface area contributed by atoms with Gasteiger partial charge >= 0.3 is 0 Å². The molecule has 2 heterocycles. The normalized spacial score (nSPS) is 16.5. The Morgan fingerprint density at radius 1 is 1.31 bits per heavy atom. The van der Waals surface area contributed by atoms with Crippen LogP contribution in [0.2, 0.25) is 5.02 Å². The van der Waals surface area contributed by atoms with Gasteiger partial charge in [0.15, 0.2) is 0 Å². The molecule has 1 atom stereocenters. The maximum absolute atomic E-state index is 12.8. The van der Waals surface area contributed by atoms with Crippen LogP contribution >= 0.6 is 11.6 Å². The molecule has 5 nitrogen and oxygen atoms in total. The number of ether oxygens (including phenoxy) is 1. The van der Waals surface area contributed by atoms with Crippen LogP contribution in [-0.2, 0) is 11.2 Å². The van der Waals surface area contributed by atoms with Gasteiger partial charge in [0.2, 0.25) is 5.91 Å². The first-order chi connectivity index (χ1) is 12.6. The predicted octanol–water partition coefficient (Wildman–Crippen LogP) is 3.98. The van der Waals surface area contributed by atoms with Gasteiger partial charge in [0.05, 0.1) is 6.61 Å². The predicted molar refractivity (Wildman–Crippen MR) is 103 cm³/mol. The number of nitrogens with zero attached hydrogens (tertiary/aromatic N) is 3. The van der Waals surface area contributed by atoms with Crippen LogP contribution in [-0.4, -0.2) is 40.1 Å². The third kappa shape index (κ3) is 4.39. The van der Waals surface area contributed by atoms with E-state index < -0.39 is 0 Å². The summed E-state index contributed by atoms with van der Waals surface area (Å²) in [5.74, 6) is 2.45. The Labute approximate surface area is 159 Å². The second kappa shape index (κ2) is 8.58. The summed E-state index contributed by atoms with van der Waals surface area (Å²) in [5.41, 5.74) is 0. The van der Waals surface area contributed by atoms with Crippen LogP contribution in [0.4, 0.5) is 0 Å². The quantitative estimate of drug-likeness (QED) is 0.767. The molecule has 0 radical (unpaired) electrons. The summed E-state index contributed by atoms with van der Waals surface area (Å²) in [7, 11) is 0. The zero-order valence-corrected chi connectivity index (χ0v) is 16.2. The van der Waals surface area contributed by atoms with Gasteiger partial charge in [-0.25, -0.2) is 4.98 Å². The Hall–Kier alpha value is -2.01. The van der Waals surface area contributed by atoms with Crippen LogP contribution in [0.5, 0.6) is 5.75 Å². The fourth-order valence-electron chi connectivity index (χ4n) is 3.42. The standard InChI is InChI=1S/C20H26ClN3O2/c1-3-19-22-10-13-24(19)15(2)20(25)23-11-8-16(9-12-23)14-26-18-6-4-17(21)5-7-18/h4-7,10,13,15-16H,3,8-9,11-12,14H2,1-2H3/t15-/m1/s1. The van der Waals surface area contributed by atoms with Gasteiger partial charge in [0, 0.05) is 36.9 Å². The molecule has 1 aromatic carbocycles. The molecular weight excluding hydrogens is 350 g/mol. The van der Waals surface area contributed by atoms with Crippen molar-refractivity contribution < 1.29 is 9.53 Å². The Kier molecular flexibility index (Phi) is 6.20. The van der Waals surface area contributed by atoms with Crippen molar-refractivity contribution in [2.24, 2.45) is 5.92 Å². The van der Waals surface area contributed by atoms with Gasteiger partial charge in [-0.2, -0.15) is 0 Å². The van der Waals surface area contributed by atoms with Crippen LogP contribution < -0.4 is 4.74 Å². The third-order valence-corrected chi connectivity index (χ3v) is 5.32. The van der Waals surface area contributed by atoms with Gasteiger partial charge < -0.3 is 14.2 Å². The maximum Gasteiger partial charge on any atom is 0.245 e. The zero-order chi connectivity index (χ0) is 18.5. The van der Waals surface area contributed by atoms with E-state index in [-0.39, 0.29) is 11.9 Å². The van der Waals surface area contributed by atoms with Crippen molar-refractivity contribution in [3.05, 3.63) is 47.5 Å². The number of carbonyl (C=O) groups is 1. The second-order valence-corrected chi connectivity index (χ2v) is 7.25. The molecule has 140 valence electrons. The Balaban J connectivity index is 1.48. The number of halogens is 1. The maximum atomic E-state index is 12.8. The highest BCUT2D eigenvalue weighted by Crippen LogP contribution is 2.23. The number of rotatable bonds is 6. The van der Waals surface area contributed by atoms with Crippen LogP contribution in [0, 0.1) is 5.92 Å². The number of piperidine rings is 1. The van der Waals surface area contributed by atoms with Crippen LogP contribution in [0.1, 0.15) is 38.6 Å². The molecule has 1 saturated heterocycles. The highest BCUT2D eigenvalue weighted by atomic mass is 35.5. The van der Waals surface area contributed by atoms with E-state index in [1.54, 1.807) is 6.20 Å². The summed E-state index contributed by atoms with van der Waals surface area (Å²) >= 11 is 5.89. The van der Waals surface area contributed by atoms with E-state index >= 15 is 0 Å². The molecule has 3 rings (SSSR count). The van der Waals surface area contributed by atoms with Crippen molar-refractivity contribution in [2.75, 3.05) is 19.7 Å². The van der Waals surface area contributed by atoms with Crippen LogP contribution in [0.15, 0.2) is 36.7 Å². The van der Waals surface area contributed by atoms with Gasteiger partial charge in [0.1, 0.15) is 17.6 Å². The highest BCUT2D eigenvalue weighted by molar-refractivity contribution is 6.30. The van der Waals surface area contributed by atoms with E-state index in [0.717, 1.165) is 43.9 Å². The average molecular weight is 376 g/mol. The molecule has 0 saturated carbocycles. The molecule has 1 aromatic heterocycles. The van der Waals surface area contributed by atoms with Crippen molar-refractivity contribution in [2.45, 2.75) is 39.2 Å². The number of likely N-dealkylation sites (tertiary alicyclic amines) is 1. The fourth-order valence-corrected chi connectivity index (χ4v) is 3.54. The number of benzene rings is 1. The van der Waals surface area contributed by atoms with Gasteiger partial charge in [-0.3, -0.25) is 4.79 Å². The molecule has 6 heteroatoms. The van der Waals surface area contributed by atoms with Crippen molar-refractivity contribution >= 4 is 17.5 Å². The second-order valence-electron chi connectivity index (χ2n) is 6.81. The number of imidazole rings is 1. The molecular formula is C20H26ClN3O2. The van der Waals surface area contributed by atoms with Gasteiger partial charge in [-0.05, 0) is 49.9 Å². The molecule has 0 unspecified atom stereocenters. The molecule has 1 amide bonds. The SMILES string of the molecule is CCc1nccn1[C@H](C)C(=O)N1CCC(COc2ccc(Cl)cc2)CC1. The number of aromatic nitrogens is 2. The summed E-state index contributed by atoms with van der Waals surface area (Å²) in [6.45, 7) is 6.27. The Morgan fingerprint density at radius 2 is 2.00 bits per heavy atom. The van der Waals surface area contributed by atoms with E-state index in [1.165, 1.54) is 0 Å². The minimum Gasteiger partial charge on any atom is -0.493 e. The molecule has 0 spiro atoms. The lowest BCUT2D eigenvalue weighted by atomic mass is 9.97. The van der Waals surface area contributed by atoms with Crippen molar-refractivity contribution in [1.29, 1.82) is 0 Å². The minimum atomic E-state index is -0.200. The molecule has 1 aliphatic rings. The summed E-state index contributed by atoms with van der Waals surface area (Å²) in [5, 5.41) is 0.711. The van der Waals surface area contributed by atoms with Crippen molar-refractivity contribution in [3.63, 3.8) is 0 Å². The molecule has 26 heavy (non-hydrogen) atoms. The largest absolute Gasteiger partial charge is 0.493 e. The minimum absolute atomic E-state index is 0.176. The molecule has 2 aromatic rings. The van der Waals surface area contributed by atoms with Crippen molar-refractivity contribution in [3.8, 4) is 5.75 Å². The molecule has 0 bridgehead atoms. The molecule has 0 N–H and O–H groups in total. The fraction of sp³-hybridized carbons (Fsp3) is 0.500. The van der Waals surface area contributed by atoms with E-state index in [0.29, 0.717) is 17.5 Å². The van der Waals surface area contributed by atoms with E-state index in [4.69, 9.17) is 16.3 Å². The van der Waals surface area contributed by atoms with Gasteiger partial charge in [0.25, 0.3) is 0 Å². The van der Waals surface area contributed by atoms with Gasteiger partial charge in [-0.15, -0.1) is 0 Å². The third-order valence-electron chi connectivity index (χ3n) is 5.07. The number of hydrogen-bond donors (Lipinski definition) is 0. The van der Waals surface area contributed by atoms with Crippen LogP contribution in [0.25, 0.3) is 0 Å². The Morgan fingerprint density at radius 3 is 2.65 bits per heavy atom. The zero-order valence-electron chi connectivity index (χ0n) is 15.4. The van der Waals surface area contributed by atoms with E-state index in [9.17, 15) is 4.79 Å². The molecule has 1 fully saturated rings. The smallest absolute Gasteiger partial charge is 0.245 e. The van der Waals surface area contributed by atoms with Gasteiger partial charge in [-0.1, -0.05) is 18.5 Å². The number of hydrogen-bond acceptors (Lipinski definition) is 3. The highest BCUT2D eigenvalue weighted by Gasteiger charge is 2.27. The Bertz CT molecular complexity index is 721. The summed E-state index contributed by atoms with van der Waals surface area (Å²) < 4.78 is 7.84. The summed E-state index contributed by atoms with van der Waals surface area (Å²) in [6, 6.07) is 7.24. The lowest BCUT2D eigenvalue weighted by molar-refractivity contribution is -0.135. The number of aryl methyl sites for hydroxylation is 1. The summed E-state index contributed by atoms with van der Waals surface area (Å²) in [6.07, 6.45) is 6.43. The first-order valence-corrected chi connectivity index (χ1v) is 9.65. The van der Waals surface area contributed by atoms with Crippen molar-refractivity contribution in [1.82, 2.24) is 14.5 Å². The average Bonchev–Trinajstić information content (AvgIpc) is 3.15. The van der Waals surface area contributed by atoms with E-state index in [1.807, 2.05) is 46.9 Å². The lowest BCUT2D eigenvalue weighted by Crippen LogP contribution is -2.42. The summed E-state index contributed by atoms with van der Waals surface area (Å²) in [4.78, 5) is 19.1. The number of amides is 1. The lowest BCUT2D eigenvalue weighted by Gasteiger charge is -2.34. The molecule has 0 aliphatic carbocycles. The first-order valence-electron chi connectivity index (χ1n) is 9.27. The van der Waals surface area contributed by atoms with Crippen LogP contribution in [0.3, 0.4) is 0 Å². The number of carbonyl (C=O) groups excluding carboxylic acids is 1. The molecule has 1 aliphatic heterocycles. The van der Waals surface area contributed by atoms with E-state index in [2.05, 4.69) is 11.9 Å². The topological polar surface area (TPSA) is 47.4 Å². The first kappa shape index (κ1) is 18.8.